The number of ether oxygens (including phenoxy) is 3. The Bertz CT molecular complexity index is 1050. The van der Waals surface area contributed by atoms with E-state index in [1.165, 1.54) is 19.1 Å². The van der Waals surface area contributed by atoms with Gasteiger partial charge >= 0.3 is 5.97 Å². The van der Waals surface area contributed by atoms with E-state index in [-0.39, 0.29) is 17.9 Å². The van der Waals surface area contributed by atoms with Crippen molar-refractivity contribution in [2.75, 3.05) is 25.1 Å². The first-order valence-electron chi connectivity index (χ1n) is 9.71. The minimum Gasteiger partial charge on any atom is -0.486 e. The summed E-state index contributed by atoms with van der Waals surface area (Å²) >= 11 is 0. The van der Waals surface area contributed by atoms with E-state index in [1.54, 1.807) is 30.3 Å². The maximum atomic E-state index is 12.3. The van der Waals surface area contributed by atoms with Gasteiger partial charge in [0.2, 0.25) is 10.0 Å². The molecule has 1 heterocycles. The molecule has 1 amide bonds. The van der Waals surface area contributed by atoms with Crippen LogP contribution in [0.2, 0.25) is 0 Å². The van der Waals surface area contributed by atoms with Gasteiger partial charge in [-0.1, -0.05) is 17.7 Å². The van der Waals surface area contributed by atoms with E-state index < -0.39 is 28.0 Å². The molecule has 1 unspecified atom stereocenters. The van der Waals surface area contributed by atoms with Gasteiger partial charge < -0.3 is 19.5 Å². The second-order valence-electron chi connectivity index (χ2n) is 6.94. The smallest absolute Gasteiger partial charge is 0.307 e. The zero-order valence-corrected chi connectivity index (χ0v) is 18.0. The summed E-state index contributed by atoms with van der Waals surface area (Å²) in [6, 6.07) is 11.3. The van der Waals surface area contributed by atoms with Crippen LogP contribution in [-0.2, 0) is 24.3 Å². The molecular formula is C21H24N2O7S. The molecule has 0 saturated carbocycles. The summed E-state index contributed by atoms with van der Waals surface area (Å²) in [5.41, 5.74) is 1.41. The lowest BCUT2D eigenvalue weighted by Crippen LogP contribution is -2.32. The third-order valence-electron chi connectivity index (χ3n) is 4.44. The van der Waals surface area contributed by atoms with E-state index >= 15 is 0 Å². The van der Waals surface area contributed by atoms with Gasteiger partial charge in [-0.15, -0.1) is 0 Å². The van der Waals surface area contributed by atoms with Gasteiger partial charge in [0.15, 0.2) is 17.6 Å². The molecule has 0 aromatic heterocycles. The van der Waals surface area contributed by atoms with Gasteiger partial charge in [0.25, 0.3) is 5.91 Å². The fraction of sp³-hybridized carbons (Fsp3) is 0.333. The van der Waals surface area contributed by atoms with Gasteiger partial charge in [-0.3, -0.25) is 9.59 Å². The fourth-order valence-electron chi connectivity index (χ4n) is 2.76. The van der Waals surface area contributed by atoms with Gasteiger partial charge in [0.1, 0.15) is 13.2 Å². The SMILES string of the molecule is Cc1ccc(S(=O)(=O)NCCC(=O)OC(C)C(=O)Nc2ccc3c(c2)OCCO3)cc1. The molecule has 0 aliphatic carbocycles. The number of carbonyl (C=O) groups excluding carboxylic acids is 2. The molecule has 166 valence electrons. The molecule has 2 aromatic carbocycles. The Labute approximate surface area is 180 Å². The van der Waals surface area contributed by atoms with Crippen molar-refractivity contribution in [1.29, 1.82) is 0 Å². The van der Waals surface area contributed by atoms with E-state index in [0.29, 0.717) is 30.4 Å². The lowest BCUT2D eigenvalue weighted by atomic mass is 10.2. The summed E-state index contributed by atoms with van der Waals surface area (Å²) in [5.74, 6) is -0.104. The fourth-order valence-corrected chi connectivity index (χ4v) is 3.79. The van der Waals surface area contributed by atoms with Crippen LogP contribution in [0, 0.1) is 6.92 Å². The second-order valence-corrected chi connectivity index (χ2v) is 8.71. The second kappa shape index (κ2) is 9.80. The number of hydrogen-bond acceptors (Lipinski definition) is 7. The highest BCUT2D eigenvalue weighted by molar-refractivity contribution is 7.89. The Kier molecular flexibility index (Phi) is 7.13. The highest BCUT2D eigenvalue weighted by Crippen LogP contribution is 2.32. The third-order valence-corrected chi connectivity index (χ3v) is 5.92. The molecule has 1 atom stereocenters. The maximum absolute atomic E-state index is 12.3. The van der Waals surface area contributed by atoms with Crippen molar-refractivity contribution in [3.63, 3.8) is 0 Å². The summed E-state index contributed by atoms with van der Waals surface area (Å²) < 4.78 is 42.7. The zero-order chi connectivity index (χ0) is 22.4. The Morgan fingerprint density at radius 1 is 1.06 bits per heavy atom. The minimum absolute atomic E-state index is 0.110. The summed E-state index contributed by atoms with van der Waals surface area (Å²) in [7, 11) is -3.73. The standard InChI is InChI=1S/C21H24N2O7S/c1-14-3-6-17(7-4-14)31(26,27)22-10-9-20(24)30-15(2)21(25)23-16-5-8-18-19(13-16)29-12-11-28-18/h3-8,13,15,22H,9-12H2,1-2H3,(H,23,25). The first-order chi connectivity index (χ1) is 14.7. The van der Waals surface area contributed by atoms with Crippen LogP contribution in [0.25, 0.3) is 0 Å². The molecule has 31 heavy (non-hydrogen) atoms. The van der Waals surface area contributed by atoms with E-state index in [9.17, 15) is 18.0 Å². The number of fused-ring (bicyclic) bond motifs is 1. The van der Waals surface area contributed by atoms with Gasteiger partial charge in [0, 0.05) is 18.3 Å². The number of amides is 1. The van der Waals surface area contributed by atoms with E-state index in [0.717, 1.165) is 5.56 Å². The van der Waals surface area contributed by atoms with Gasteiger partial charge in [-0.25, -0.2) is 13.1 Å². The first-order valence-corrected chi connectivity index (χ1v) is 11.2. The van der Waals surface area contributed by atoms with Gasteiger partial charge in [-0.05, 0) is 38.1 Å². The van der Waals surface area contributed by atoms with Crippen LogP contribution in [0.3, 0.4) is 0 Å². The lowest BCUT2D eigenvalue weighted by Gasteiger charge is -2.19. The monoisotopic (exact) mass is 448 g/mol. The molecule has 0 spiro atoms. The largest absolute Gasteiger partial charge is 0.486 e. The number of sulfonamides is 1. The third kappa shape index (κ3) is 6.19. The number of nitrogens with one attached hydrogen (secondary N) is 2. The topological polar surface area (TPSA) is 120 Å². The molecule has 0 radical (unpaired) electrons. The van der Waals surface area contributed by atoms with E-state index in [1.807, 2.05) is 6.92 Å². The molecule has 10 heteroatoms. The summed E-state index contributed by atoms with van der Waals surface area (Å²) in [6.45, 7) is 4.02. The van der Waals surface area contributed by atoms with E-state index in [4.69, 9.17) is 14.2 Å². The van der Waals surface area contributed by atoms with Gasteiger partial charge in [0.05, 0.1) is 11.3 Å². The Balaban J connectivity index is 1.45. The quantitative estimate of drug-likeness (QED) is 0.593. The highest BCUT2D eigenvalue weighted by atomic mass is 32.2. The van der Waals surface area contributed by atoms with Crippen LogP contribution in [0.4, 0.5) is 5.69 Å². The Morgan fingerprint density at radius 3 is 2.45 bits per heavy atom. The van der Waals surface area contributed by atoms with Crippen molar-refractivity contribution >= 4 is 27.6 Å². The lowest BCUT2D eigenvalue weighted by molar-refractivity contribution is -0.152. The number of carbonyl (C=O) groups is 2. The molecule has 9 nitrogen and oxygen atoms in total. The normalized spacial score (nSPS) is 13.9. The van der Waals surface area contributed by atoms with Crippen LogP contribution < -0.4 is 19.5 Å². The van der Waals surface area contributed by atoms with Crippen molar-refractivity contribution < 1.29 is 32.2 Å². The Morgan fingerprint density at radius 2 is 1.74 bits per heavy atom. The minimum atomic E-state index is -3.73. The van der Waals surface area contributed by atoms with Crippen LogP contribution in [0.1, 0.15) is 18.9 Å². The van der Waals surface area contributed by atoms with Crippen molar-refractivity contribution in [3.05, 3.63) is 48.0 Å². The summed E-state index contributed by atoms with van der Waals surface area (Å²) in [5, 5.41) is 2.64. The molecular weight excluding hydrogens is 424 g/mol. The maximum Gasteiger partial charge on any atom is 0.307 e. The van der Waals surface area contributed by atoms with Crippen LogP contribution in [0.5, 0.6) is 11.5 Å². The van der Waals surface area contributed by atoms with Crippen molar-refractivity contribution in [1.82, 2.24) is 4.72 Å². The van der Waals surface area contributed by atoms with Gasteiger partial charge in [-0.2, -0.15) is 0 Å². The number of anilines is 1. The molecule has 1 aliphatic heterocycles. The Hall–Kier alpha value is -3.11. The summed E-state index contributed by atoms with van der Waals surface area (Å²) in [4.78, 5) is 24.4. The van der Waals surface area contributed by atoms with E-state index in [2.05, 4.69) is 10.0 Å². The predicted molar refractivity (Wildman–Crippen MR) is 113 cm³/mol. The average molecular weight is 448 g/mol. The zero-order valence-electron chi connectivity index (χ0n) is 17.2. The first kappa shape index (κ1) is 22.6. The predicted octanol–water partition coefficient (Wildman–Crippen LogP) is 2.01. The molecule has 2 aromatic rings. The molecule has 0 bridgehead atoms. The molecule has 3 rings (SSSR count). The molecule has 1 aliphatic rings. The number of aryl methyl sites for hydroxylation is 1. The van der Waals surface area contributed by atoms with Crippen LogP contribution in [-0.4, -0.2) is 46.2 Å². The van der Waals surface area contributed by atoms with Crippen molar-refractivity contribution in [2.24, 2.45) is 0 Å². The van der Waals surface area contributed by atoms with Crippen molar-refractivity contribution in [3.8, 4) is 11.5 Å². The highest BCUT2D eigenvalue weighted by Gasteiger charge is 2.20. The number of hydrogen-bond donors (Lipinski definition) is 2. The molecule has 0 saturated heterocycles. The number of benzene rings is 2. The summed E-state index contributed by atoms with van der Waals surface area (Å²) in [6.07, 6.45) is -1.28. The number of rotatable bonds is 8. The average Bonchev–Trinajstić information content (AvgIpc) is 2.73. The number of esters is 1. The van der Waals surface area contributed by atoms with Crippen molar-refractivity contribution in [2.45, 2.75) is 31.3 Å². The van der Waals surface area contributed by atoms with Crippen LogP contribution >= 0.6 is 0 Å². The molecule has 2 N–H and O–H groups in total. The van der Waals surface area contributed by atoms with Crippen LogP contribution in [0.15, 0.2) is 47.4 Å². The molecule has 0 fully saturated rings.